The van der Waals surface area contributed by atoms with E-state index in [-0.39, 0.29) is 0 Å². The molecule has 0 amide bonds. The third-order valence-electron chi connectivity index (χ3n) is 2.86. The third kappa shape index (κ3) is 8.14. The van der Waals surface area contributed by atoms with Crippen molar-refractivity contribution in [2.75, 3.05) is 33.8 Å². The Labute approximate surface area is 127 Å². The van der Waals surface area contributed by atoms with Gasteiger partial charge in [-0.1, -0.05) is 13.3 Å². The predicted octanol–water partition coefficient (Wildman–Crippen LogP) is 1.23. The molecule has 0 saturated carbocycles. The van der Waals surface area contributed by atoms with Gasteiger partial charge in [-0.3, -0.25) is 0 Å². The third-order valence-corrected chi connectivity index (χ3v) is 2.86. The summed E-state index contributed by atoms with van der Waals surface area (Å²) in [5.74, 6) is 1.11. The number of hydrogen-bond acceptors (Lipinski definition) is 4. The van der Waals surface area contributed by atoms with Gasteiger partial charge < -0.3 is 20.7 Å². The molecule has 0 spiro atoms. The molecule has 118 valence electrons. The molecule has 1 aromatic heterocycles. The summed E-state index contributed by atoms with van der Waals surface area (Å²) in [4.78, 5) is 10.6. The number of ether oxygens (including phenoxy) is 1. The molecule has 0 aromatic carbocycles. The summed E-state index contributed by atoms with van der Waals surface area (Å²) in [5.41, 5.74) is 6.83. The normalized spacial score (nSPS) is 11.7. The smallest absolute Gasteiger partial charge is 0.213 e. The van der Waals surface area contributed by atoms with E-state index in [1.54, 1.807) is 6.20 Å². The molecule has 21 heavy (non-hydrogen) atoms. The van der Waals surface area contributed by atoms with Crippen molar-refractivity contribution in [1.82, 2.24) is 15.2 Å². The molecule has 0 unspecified atom stereocenters. The van der Waals surface area contributed by atoms with Crippen molar-refractivity contribution in [1.29, 1.82) is 0 Å². The van der Waals surface area contributed by atoms with Crippen LogP contribution in [0.1, 0.15) is 25.3 Å². The minimum absolute atomic E-state index is 0.482. The number of rotatable bonds is 9. The first kappa shape index (κ1) is 17.2. The quantitative estimate of drug-likeness (QED) is 0.407. The first-order valence-electron chi connectivity index (χ1n) is 7.38. The topological polar surface area (TPSA) is 75.8 Å². The van der Waals surface area contributed by atoms with Crippen LogP contribution in [-0.2, 0) is 6.54 Å². The van der Waals surface area contributed by atoms with E-state index in [1.807, 2.05) is 26.2 Å². The Balaban J connectivity index is 2.42. The monoisotopic (exact) mass is 293 g/mol. The highest BCUT2D eigenvalue weighted by molar-refractivity contribution is 5.77. The molecule has 0 aliphatic heterocycles. The van der Waals surface area contributed by atoms with E-state index in [0.29, 0.717) is 25.0 Å². The van der Waals surface area contributed by atoms with Crippen LogP contribution in [0.4, 0.5) is 0 Å². The fourth-order valence-electron chi connectivity index (χ4n) is 1.59. The molecule has 0 bridgehead atoms. The van der Waals surface area contributed by atoms with Crippen molar-refractivity contribution in [3.8, 4) is 5.88 Å². The number of nitrogens with zero attached hydrogens (tertiary/aromatic N) is 3. The zero-order chi connectivity index (χ0) is 15.5. The summed E-state index contributed by atoms with van der Waals surface area (Å²) in [6.45, 7) is 5.01. The van der Waals surface area contributed by atoms with Crippen LogP contribution in [0, 0.1) is 0 Å². The minimum Gasteiger partial charge on any atom is -0.476 e. The summed E-state index contributed by atoms with van der Waals surface area (Å²) in [6.07, 6.45) is 3.96. The molecule has 0 saturated heterocycles. The fourth-order valence-corrected chi connectivity index (χ4v) is 1.59. The van der Waals surface area contributed by atoms with Crippen LogP contribution < -0.4 is 15.8 Å². The Bertz CT molecular complexity index is 434. The van der Waals surface area contributed by atoms with E-state index in [4.69, 9.17) is 10.5 Å². The van der Waals surface area contributed by atoms with Gasteiger partial charge in [0, 0.05) is 25.4 Å². The number of likely N-dealkylation sites (N-methyl/N-ethyl adjacent to an activating group) is 1. The minimum atomic E-state index is 0.482. The Morgan fingerprint density at radius 1 is 1.48 bits per heavy atom. The first-order valence-corrected chi connectivity index (χ1v) is 7.38. The number of hydrogen-bond donors (Lipinski definition) is 2. The molecular formula is C15H27N5O. The second kappa shape index (κ2) is 9.99. The highest BCUT2D eigenvalue weighted by Gasteiger charge is 1.99. The van der Waals surface area contributed by atoms with Crippen molar-refractivity contribution in [2.24, 2.45) is 10.7 Å². The van der Waals surface area contributed by atoms with E-state index >= 15 is 0 Å². The molecule has 6 nitrogen and oxygen atoms in total. The van der Waals surface area contributed by atoms with Crippen molar-refractivity contribution in [2.45, 2.75) is 26.3 Å². The van der Waals surface area contributed by atoms with E-state index in [9.17, 15) is 0 Å². The Morgan fingerprint density at radius 3 is 3.00 bits per heavy atom. The molecule has 1 rings (SSSR count). The van der Waals surface area contributed by atoms with E-state index in [1.165, 1.54) is 0 Å². The summed E-state index contributed by atoms with van der Waals surface area (Å²) < 4.78 is 5.60. The van der Waals surface area contributed by atoms with Crippen molar-refractivity contribution < 1.29 is 4.74 Å². The van der Waals surface area contributed by atoms with E-state index in [2.05, 4.69) is 27.1 Å². The van der Waals surface area contributed by atoms with Crippen LogP contribution in [0.25, 0.3) is 0 Å². The van der Waals surface area contributed by atoms with Crippen molar-refractivity contribution >= 4 is 5.96 Å². The summed E-state index contributed by atoms with van der Waals surface area (Å²) >= 11 is 0. The number of aromatic nitrogens is 1. The second-order valence-corrected chi connectivity index (χ2v) is 5.14. The van der Waals surface area contributed by atoms with Gasteiger partial charge >= 0.3 is 0 Å². The van der Waals surface area contributed by atoms with Crippen molar-refractivity contribution in [3.63, 3.8) is 0 Å². The highest BCUT2D eigenvalue weighted by Crippen LogP contribution is 2.10. The summed E-state index contributed by atoms with van der Waals surface area (Å²) in [5, 5.41) is 3.09. The maximum absolute atomic E-state index is 5.80. The average Bonchev–Trinajstić information content (AvgIpc) is 2.45. The lowest BCUT2D eigenvalue weighted by Crippen LogP contribution is -2.32. The van der Waals surface area contributed by atoms with Crippen LogP contribution in [0.5, 0.6) is 5.88 Å². The van der Waals surface area contributed by atoms with Crippen LogP contribution in [0.2, 0.25) is 0 Å². The lowest BCUT2D eigenvalue weighted by molar-refractivity contribution is 0.253. The number of pyridine rings is 1. The molecular weight excluding hydrogens is 266 g/mol. The van der Waals surface area contributed by atoms with Gasteiger partial charge in [0.2, 0.25) is 5.88 Å². The lowest BCUT2D eigenvalue weighted by atomic mass is 10.3. The molecule has 0 atom stereocenters. The molecule has 0 aliphatic carbocycles. The van der Waals surface area contributed by atoms with Crippen LogP contribution >= 0.6 is 0 Å². The zero-order valence-electron chi connectivity index (χ0n) is 13.3. The first-order chi connectivity index (χ1) is 10.1. The number of guanidine groups is 1. The Hall–Kier alpha value is -1.82. The average molecular weight is 293 g/mol. The number of nitrogens with one attached hydrogen (secondary N) is 1. The van der Waals surface area contributed by atoms with E-state index < -0.39 is 0 Å². The number of unbranched alkanes of at least 4 members (excludes halogenated alkanes) is 1. The molecule has 1 heterocycles. The van der Waals surface area contributed by atoms with Gasteiger partial charge in [-0.15, -0.1) is 0 Å². The van der Waals surface area contributed by atoms with Crippen molar-refractivity contribution in [3.05, 3.63) is 23.9 Å². The van der Waals surface area contributed by atoms with Gasteiger partial charge in [-0.05, 0) is 32.1 Å². The summed E-state index contributed by atoms with van der Waals surface area (Å²) in [7, 11) is 4.02. The Kier molecular flexibility index (Phi) is 8.19. The van der Waals surface area contributed by atoms with Gasteiger partial charge in [0.05, 0.1) is 6.54 Å². The standard InChI is InChI=1S/C15H27N5O/c1-4-5-7-18-15(16)19-12-13-6-8-17-14(11-13)21-10-9-20(2)3/h6,8,11H,4-5,7,9-10,12H2,1-3H3,(H3,16,18,19). The fraction of sp³-hybridized carbons (Fsp3) is 0.600. The van der Waals surface area contributed by atoms with Gasteiger partial charge in [0.1, 0.15) is 6.61 Å². The molecule has 0 radical (unpaired) electrons. The van der Waals surface area contributed by atoms with Gasteiger partial charge in [-0.25, -0.2) is 9.98 Å². The van der Waals surface area contributed by atoms with Crippen LogP contribution in [0.3, 0.4) is 0 Å². The molecule has 6 heteroatoms. The molecule has 3 N–H and O–H groups in total. The maximum atomic E-state index is 5.80. The number of nitrogens with two attached hydrogens (primary N) is 1. The van der Waals surface area contributed by atoms with Crippen LogP contribution in [-0.4, -0.2) is 49.6 Å². The van der Waals surface area contributed by atoms with Gasteiger partial charge in [0.25, 0.3) is 0 Å². The van der Waals surface area contributed by atoms with Crippen LogP contribution in [0.15, 0.2) is 23.3 Å². The molecule has 1 aromatic rings. The Morgan fingerprint density at radius 2 is 2.29 bits per heavy atom. The SMILES string of the molecule is CCCCNC(N)=NCc1ccnc(OCCN(C)C)c1. The molecule has 0 aliphatic rings. The van der Waals surface area contributed by atoms with Gasteiger partial charge in [0.15, 0.2) is 5.96 Å². The zero-order valence-corrected chi connectivity index (χ0v) is 13.3. The maximum Gasteiger partial charge on any atom is 0.213 e. The summed E-state index contributed by atoms with van der Waals surface area (Å²) in [6, 6.07) is 3.82. The highest BCUT2D eigenvalue weighted by atomic mass is 16.5. The van der Waals surface area contributed by atoms with Gasteiger partial charge in [-0.2, -0.15) is 0 Å². The largest absolute Gasteiger partial charge is 0.476 e. The number of aliphatic imine (C=N–C) groups is 1. The molecule has 0 fully saturated rings. The lowest BCUT2D eigenvalue weighted by Gasteiger charge is -2.10. The predicted molar refractivity (Wildman–Crippen MR) is 86.5 cm³/mol. The van der Waals surface area contributed by atoms with E-state index in [0.717, 1.165) is 31.5 Å². The second-order valence-electron chi connectivity index (χ2n) is 5.14.